The van der Waals surface area contributed by atoms with Gasteiger partial charge in [-0.2, -0.15) is 5.11 Å². The summed E-state index contributed by atoms with van der Waals surface area (Å²) in [4.78, 5) is 0. The monoisotopic (exact) mass is 121 g/mol. The summed E-state index contributed by atoms with van der Waals surface area (Å²) >= 11 is 0. The Labute approximate surface area is 46.3 Å². The van der Waals surface area contributed by atoms with Gasteiger partial charge < -0.3 is 0 Å². The average molecular weight is 121 g/mol. The Hall–Kier alpha value is -0.180. The minimum Gasteiger partial charge on any atom is -0.241 e. The highest BCUT2D eigenvalue weighted by Gasteiger charge is 2.43. The topological polar surface area (TPSA) is 19.9 Å². The molecule has 0 aromatic carbocycles. The standard InChI is InChI=1S/C5H7F2O/c6-4-2-1-3-5(4,7)8/h4H,1-3H2. The lowest BCUT2D eigenvalue weighted by atomic mass is 10.2. The van der Waals surface area contributed by atoms with Gasteiger partial charge in [0.2, 0.25) is 0 Å². The first-order valence-electron chi connectivity index (χ1n) is 2.66. The minimum absolute atomic E-state index is 0.0972. The van der Waals surface area contributed by atoms with Crippen LogP contribution in [0.4, 0.5) is 8.78 Å². The van der Waals surface area contributed by atoms with E-state index < -0.39 is 12.0 Å². The number of halogens is 2. The van der Waals surface area contributed by atoms with Crippen LogP contribution in [-0.4, -0.2) is 12.0 Å². The van der Waals surface area contributed by atoms with Crippen LogP contribution in [0.5, 0.6) is 0 Å². The Morgan fingerprint density at radius 1 is 1.62 bits per heavy atom. The Morgan fingerprint density at radius 3 is 2.38 bits per heavy atom. The summed E-state index contributed by atoms with van der Waals surface area (Å²) in [6.07, 6.45) is -1.43. The van der Waals surface area contributed by atoms with E-state index in [2.05, 4.69) is 0 Å². The van der Waals surface area contributed by atoms with Gasteiger partial charge in [-0.15, -0.1) is 0 Å². The second-order valence-corrected chi connectivity index (χ2v) is 2.15. The Morgan fingerprint density at radius 2 is 2.25 bits per heavy atom. The van der Waals surface area contributed by atoms with Gasteiger partial charge in [-0.05, 0) is 12.8 Å². The predicted octanol–water partition coefficient (Wildman–Crippen LogP) is 1.60. The molecule has 0 aromatic rings. The molecular weight excluding hydrogens is 114 g/mol. The molecule has 0 aliphatic heterocycles. The van der Waals surface area contributed by atoms with E-state index in [0.29, 0.717) is 6.42 Å². The molecular formula is C5H7F2O. The summed E-state index contributed by atoms with van der Waals surface area (Å²) < 4.78 is 24.1. The molecule has 1 aliphatic rings. The molecule has 0 saturated heterocycles. The molecule has 0 N–H and O–H groups in total. The fourth-order valence-corrected chi connectivity index (χ4v) is 0.894. The number of hydrogen-bond acceptors (Lipinski definition) is 0. The Balaban J connectivity index is 2.54. The van der Waals surface area contributed by atoms with Crippen molar-refractivity contribution in [2.75, 3.05) is 0 Å². The van der Waals surface area contributed by atoms with E-state index in [1.54, 1.807) is 0 Å². The van der Waals surface area contributed by atoms with Gasteiger partial charge in [0.15, 0.2) is 6.17 Å². The summed E-state index contributed by atoms with van der Waals surface area (Å²) in [6, 6.07) is 0. The molecule has 8 heavy (non-hydrogen) atoms. The highest BCUT2D eigenvalue weighted by Crippen LogP contribution is 2.33. The van der Waals surface area contributed by atoms with Crippen molar-refractivity contribution in [3.05, 3.63) is 0 Å². The maximum atomic E-state index is 12.1. The summed E-state index contributed by atoms with van der Waals surface area (Å²) in [5.74, 6) is -2.76. The molecule has 0 amide bonds. The van der Waals surface area contributed by atoms with Gasteiger partial charge in [0.25, 0.3) is 5.85 Å². The van der Waals surface area contributed by atoms with Crippen LogP contribution in [0.1, 0.15) is 19.3 Å². The Kier molecular flexibility index (Phi) is 1.23. The molecule has 3 heteroatoms. The first-order chi connectivity index (χ1) is 3.63. The van der Waals surface area contributed by atoms with Crippen LogP contribution in [0.2, 0.25) is 0 Å². The average Bonchev–Trinajstić information content (AvgIpc) is 1.86. The van der Waals surface area contributed by atoms with Crippen molar-refractivity contribution < 1.29 is 13.9 Å². The van der Waals surface area contributed by atoms with Crippen LogP contribution < -0.4 is 0 Å². The van der Waals surface area contributed by atoms with Gasteiger partial charge in [-0.1, -0.05) is 0 Å². The Bertz CT molecular complexity index is 92.4. The first-order valence-corrected chi connectivity index (χ1v) is 2.66. The van der Waals surface area contributed by atoms with E-state index in [-0.39, 0.29) is 12.8 Å². The third kappa shape index (κ3) is 0.823. The molecule has 0 heterocycles. The van der Waals surface area contributed by atoms with E-state index in [9.17, 15) is 13.9 Å². The number of rotatable bonds is 0. The van der Waals surface area contributed by atoms with Gasteiger partial charge in [-0.3, -0.25) is 0 Å². The summed E-state index contributed by atoms with van der Waals surface area (Å²) in [6.45, 7) is 0. The molecule has 0 aromatic heterocycles. The van der Waals surface area contributed by atoms with Crippen LogP contribution in [0.25, 0.3) is 0 Å². The van der Waals surface area contributed by atoms with E-state index in [0.717, 1.165) is 0 Å². The third-order valence-electron chi connectivity index (χ3n) is 1.44. The van der Waals surface area contributed by atoms with Crippen molar-refractivity contribution in [3.63, 3.8) is 0 Å². The van der Waals surface area contributed by atoms with Crippen LogP contribution >= 0.6 is 0 Å². The van der Waals surface area contributed by atoms with Crippen molar-refractivity contribution >= 4 is 0 Å². The van der Waals surface area contributed by atoms with Crippen molar-refractivity contribution in [1.82, 2.24) is 0 Å². The first kappa shape index (κ1) is 5.95. The van der Waals surface area contributed by atoms with Gasteiger partial charge in [0, 0.05) is 6.42 Å². The molecule has 1 aliphatic carbocycles. The van der Waals surface area contributed by atoms with E-state index in [1.165, 1.54) is 0 Å². The van der Waals surface area contributed by atoms with Gasteiger partial charge in [-0.25, -0.2) is 8.78 Å². The normalized spacial score (nSPS) is 47.6. The van der Waals surface area contributed by atoms with Crippen LogP contribution in [0.15, 0.2) is 0 Å². The number of hydrogen-bond donors (Lipinski definition) is 0. The smallest absolute Gasteiger partial charge is 0.241 e. The lowest BCUT2D eigenvalue weighted by Crippen LogP contribution is -2.26. The second kappa shape index (κ2) is 1.65. The quantitative estimate of drug-likeness (QED) is 0.464. The third-order valence-corrected chi connectivity index (χ3v) is 1.44. The van der Waals surface area contributed by atoms with Crippen molar-refractivity contribution in [2.45, 2.75) is 31.3 Å². The molecule has 1 radical (unpaired) electrons. The van der Waals surface area contributed by atoms with Crippen LogP contribution in [-0.2, 0) is 5.11 Å². The van der Waals surface area contributed by atoms with Crippen molar-refractivity contribution in [1.29, 1.82) is 0 Å². The fraction of sp³-hybridized carbons (Fsp3) is 1.00. The molecule has 1 saturated carbocycles. The molecule has 47 valence electrons. The number of alkyl halides is 2. The zero-order valence-corrected chi connectivity index (χ0v) is 4.36. The summed E-state index contributed by atoms with van der Waals surface area (Å²) in [5, 5.41) is 10.2. The maximum absolute atomic E-state index is 12.1. The van der Waals surface area contributed by atoms with Gasteiger partial charge in [0.1, 0.15) is 0 Å². The summed E-state index contributed by atoms with van der Waals surface area (Å²) in [7, 11) is 0. The molecule has 1 nitrogen and oxygen atoms in total. The fourth-order valence-electron chi connectivity index (χ4n) is 0.894. The molecule has 2 atom stereocenters. The van der Waals surface area contributed by atoms with Crippen molar-refractivity contribution in [3.8, 4) is 0 Å². The molecule has 1 fully saturated rings. The van der Waals surface area contributed by atoms with Crippen LogP contribution in [0.3, 0.4) is 0 Å². The molecule has 0 spiro atoms. The maximum Gasteiger partial charge on any atom is 0.271 e. The van der Waals surface area contributed by atoms with Gasteiger partial charge in [0.05, 0.1) is 0 Å². The second-order valence-electron chi connectivity index (χ2n) is 2.15. The van der Waals surface area contributed by atoms with Crippen molar-refractivity contribution in [2.24, 2.45) is 0 Å². The highest BCUT2D eigenvalue weighted by atomic mass is 19.2. The van der Waals surface area contributed by atoms with Gasteiger partial charge >= 0.3 is 0 Å². The van der Waals surface area contributed by atoms with E-state index in [4.69, 9.17) is 0 Å². The highest BCUT2D eigenvalue weighted by molar-refractivity contribution is 4.82. The van der Waals surface area contributed by atoms with E-state index in [1.807, 2.05) is 0 Å². The lowest BCUT2D eigenvalue weighted by molar-refractivity contribution is -0.172. The minimum atomic E-state index is -2.76. The SMILES string of the molecule is [O]C1(F)CCCC1F. The van der Waals surface area contributed by atoms with Crippen LogP contribution in [0, 0.1) is 0 Å². The summed E-state index contributed by atoms with van der Waals surface area (Å²) in [5.41, 5.74) is 0. The zero-order valence-electron chi connectivity index (χ0n) is 4.36. The predicted molar refractivity (Wildman–Crippen MR) is 23.3 cm³/mol. The zero-order chi connectivity index (χ0) is 6.20. The molecule has 1 rings (SSSR count). The largest absolute Gasteiger partial charge is 0.271 e. The molecule has 2 unspecified atom stereocenters. The molecule has 0 bridgehead atoms. The lowest BCUT2D eigenvalue weighted by Gasteiger charge is -2.09. The van der Waals surface area contributed by atoms with E-state index >= 15 is 0 Å².